The number of benzene rings is 1. The molecule has 1 atom stereocenters. The molecule has 0 spiro atoms. The second-order valence-corrected chi connectivity index (χ2v) is 4.11. The number of rotatable bonds is 4. The first-order valence-electron chi connectivity index (χ1n) is 5.79. The molecule has 0 bridgehead atoms. The predicted octanol–water partition coefficient (Wildman–Crippen LogP) is 1.61. The molecule has 7 heteroatoms. The number of hydrogen-bond acceptors (Lipinski definition) is 4. The number of oxazole rings is 1. The van der Waals surface area contributed by atoms with Gasteiger partial charge in [0.15, 0.2) is 5.58 Å². The summed E-state index contributed by atoms with van der Waals surface area (Å²) in [5.74, 6) is -0.752. The molecule has 0 radical (unpaired) electrons. The molecule has 0 fully saturated rings. The Kier molecular flexibility index (Phi) is 5.14. The monoisotopic (exact) mass is 285 g/mol. The number of fused-ring (bicyclic) bond motifs is 1. The number of carbonyl (C=O) groups excluding carboxylic acids is 1. The number of hydrogen-bond donors (Lipinski definition) is 3. The van der Waals surface area contributed by atoms with E-state index in [9.17, 15) is 9.59 Å². The maximum atomic E-state index is 11.7. The molecule has 19 heavy (non-hydrogen) atoms. The second-order valence-electron chi connectivity index (χ2n) is 4.11. The molecule has 2 aromatic rings. The molecule has 1 amide bonds. The van der Waals surface area contributed by atoms with Gasteiger partial charge in [-0.1, -0.05) is 13.3 Å². The van der Waals surface area contributed by atoms with E-state index in [4.69, 9.17) is 10.2 Å². The molecule has 0 aliphatic carbocycles. The van der Waals surface area contributed by atoms with Crippen molar-refractivity contribution >= 4 is 35.1 Å². The number of nitrogens with one attached hydrogen (secondary N) is 2. The average Bonchev–Trinajstić information content (AvgIpc) is 2.68. The fraction of sp³-hybridized carbons (Fsp3) is 0.333. The molecule has 2 rings (SSSR count). The highest BCUT2D eigenvalue weighted by Gasteiger charge is 2.12. The van der Waals surface area contributed by atoms with Crippen molar-refractivity contribution in [1.29, 1.82) is 0 Å². The summed E-state index contributed by atoms with van der Waals surface area (Å²) in [4.78, 5) is 25.2. The van der Waals surface area contributed by atoms with Gasteiger partial charge in [-0.3, -0.25) is 9.78 Å². The van der Waals surface area contributed by atoms with Crippen molar-refractivity contribution in [2.75, 3.05) is 5.32 Å². The predicted molar refractivity (Wildman–Crippen MR) is 75.6 cm³/mol. The lowest BCUT2D eigenvalue weighted by molar-refractivity contribution is -0.117. The van der Waals surface area contributed by atoms with Crippen LogP contribution in [0.1, 0.15) is 19.8 Å². The van der Waals surface area contributed by atoms with Gasteiger partial charge in [0.25, 0.3) is 0 Å². The Morgan fingerprint density at radius 2 is 2.26 bits per heavy atom. The Balaban J connectivity index is 0.00000180. The van der Waals surface area contributed by atoms with Crippen molar-refractivity contribution in [3.05, 3.63) is 28.7 Å². The molecule has 0 saturated carbocycles. The molecule has 4 N–H and O–H groups in total. The van der Waals surface area contributed by atoms with Crippen molar-refractivity contribution in [3.8, 4) is 0 Å². The highest BCUT2D eigenvalue weighted by Crippen LogP contribution is 2.16. The minimum Gasteiger partial charge on any atom is -0.408 e. The third-order valence-corrected chi connectivity index (χ3v) is 2.62. The number of aromatic amines is 1. The smallest absolute Gasteiger partial charge is 0.408 e. The van der Waals surface area contributed by atoms with Crippen molar-refractivity contribution in [2.45, 2.75) is 25.8 Å². The van der Waals surface area contributed by atoms with Gasteiger partial charge in [0, 0.05) is 5.69 Å². The quantitative estimate of drug-likeness (QED) is 0.794. The van der Waals surface area contributed by atoms with Gasteiger partial charge in [0.2, 0.25) is 5.91 Å². The highest BCUT2D eigenvalue weighted by molar-refractivity contribution is 5.96. The topological polar surface area (TPSA) is 101 Å². The van der Waals surface area contributed by atoms with Gasteiger partial charge in [0.05, 0.1) is 11.6 Å². The maximum absolute atomic E-state index is 11.7. The van der Waals surface area contributed by atoms with Crippen LogP contribution in [-0.2, 0) is 4.79 Å². The summed E-state index contributed by atoms with van der Waals surface area (Å²) in [6.07, 6.45) is 1.49. The minimum absolute atomic E-state index is 0. The molecule has 104 valence electrons. The highest BCUT2D eigenvalue weighted by atomic mass is 35.5. The molecule has 6 nitrogen and oxygen atoms in total. The van der Waals surface area contributed by atoms with Crippen molar-refractivity contribution in [2.24, 2.45) is 5.73 Å². The van der Waals surface area contributed by atoms with E-state index in [2.05, 4.69) is 10.3 Å². The van der Waals surface area contributed by atoms with Crippen LogP contribution in [0.2, 0.25) is 0 Å². The summed E-state index contributed by atoms with van der Waals surface area (Å²) in [5, 5.41) is 2.70. The summed E-state index contributed by atoms with van der Waals surface area (Å²) in [6.45, 7) is 1.97. The first-order valence-corrected chi connectivity index (χ1v) is 5.79. The molecule has 1 aromatic heterocycles. The van der Waals surface area contributed by atoms with Crippen LogP contribution in [0.3, 0.4) is 0 Å². The SMILES string of the molecule is CCCC(N)C(=O)Nc1ccc2oc(=O)[nH]c2c1.Cl. The van der Waals surface area contributed by atoms with Gasteiger partial charge in [-0.05, 0) is 24.6 Å². The normalized spacial score (nSPS) is 11.9. The summed E-state index contributed by atoms with van der Waals surface area (Å²) in [6, 6.07) is 4.40. The van der Waals surface area contributed by atoms with Gasteiger partial charge < -0.3 is 15.5 Å². The number of carbonyl (C=O) groups is 1. The first-order chi connectivity index (χ1) is 8.60. The molecule has 1 heterocycles. The maximum Gasteiger partial charge on any atom is 0.417 e. The zero-order valence-electron chi connectivity index (χ0n) is 10.4. The van der Waals surface area contributed by atoms with Crippen LogP contribution in [0.4, 0.5) is 5.69 Å². The van der Waals surface area contributed by atoms with Crippen LogP contribution in [0, 0.1) is 0 Å². The first kappa shape index (κ1) is 15.3. The fourth-order valence-corrected chi connectivity index (χ4v) is 1.71. The Hall–Kier alpha value is -1.79. The van der Waals surface area contributed by atoms with Crippen LogP contribution in [0.15, 0.2) is 27.4 Å². The Labute approximate surface area is 115 Å². The van der Waals surface area contributed by atoms with Gasteiger partial charge in [-0.2, -0.15) is 0 Å². The largest absolute Gasteiger partial charge is 0.417 e. The van der Waals surface area contributed by atoms with Crippen molar-refractivity contribution in [1.82, 2.24) is 4.98 Å². The average molecular weight is 286 g/mol. The molecule has 0 aliphatic heterocycles. The molecule has 0 saturated heterocycles. The van der Waals surface area contributed by atoms with Crippen LogP contribution in [0.25, 0.3) is 11.1 Å². The van der Waals surface area contributed by atoms with E-state index in [1.54, 1.807) is 18.2 Å². The summed E-state index contributed by atoms with van der Waals surface area (Å²) in [5.41, 5.74) is 7.28. The summed E-state index contributed by atoms with van der Waals surface area (Å²) < 4.78 is 4.87. The molecule has 1 unspecified atom stereocenters. The van der Waals surface area contributed by atoms with Crippen molar-refractivity contribution < 1.29 is 9.21 Å². The number of anilines is 1. The third-order valence-electron chi connectivity index (χ3n) is 2.62. The van der Waals surface area contributed by atoms with Gasteiger partial charge in [-0.15, -0.1) is 12.4 Å². The summed E-state index contributed by atoms with van der Waals surface area (Å²) in [7, 11) is 0. The number of H-pyrrole nitrogens is 1. The van der Waals surface area contributed by atoms with Gasteiger partial charge in [-0.25, -0.2) is 4.79 Å². The second kappa shape index (κ2) is 6.40. The Bertz CT molecular complexity index is 620. The molecular weight excluding hydrogens is 270 g/mol. The zero-order valence-corrected chi connectivity index (χ0v) is 11.3. The summed E-state index contributed by atoms with van der Waals surface area (Å²) >= 11 is 0. The van der Waals surface area contributed by atoms with E-state index in [0.717, 1.165) is 6.42 Å². The van der Waals surface area contributed by atoms with Crippen LogP contribution in [0.5, 0.6) is 0 Å². The lowest BCUT2D eigenvalue weighted by Crippen LogP contribution is -2.35. The van der Waals surface area contributed by atoms with E-state index in [1.165, 1.54) is 0 Å². The van der Waals surface area contributed by atoms with E-state index in [1.807, 2.05) is 6.92 Å². The molecule has 0 aliphatic rings. The van der Waals surface area contributed by atoms with Crippen LogP contribution < -0.4 is 16.8 Å². The van der Waals surface area contributed by atoms with E-state index >= 15 is 0 Å². The minimum atomic E-state index is -0.519. The van der Waals surface area contributed by atoms with E-state index < -0.39 is 11.8 Å². The van der Waals surface area contributed by atoms with Gasteiger partial charge in [0.1, 0.15) is 0 Å². The number of halogens is 1. The van der Waals surface area contributed by atoms with E-state index in [-0.39, 0.29) is 18.3 Å². The standard InChI is InChI=1S/C12H15N3O3.ClH/c1-2-3-8(13)11(16)14-7-4-5-10-9(6-7)15-12(17)18-10;/h4-6,8H,2-3,13H2,1H3,(H,14,16)(H,15,17);1H. The number of nitrogens with two attached hydrogens (primary N) is 1. The third kappa shape index (κ3) is 3.59. The van der Waals surface area contributed by atoms with Gasteiger partial charge >= 0.3 is 5.76 Å². The fourth-order valence-electron chi connectivity index (χ4n) is 1.71. The number of aromatic nitrogens is 1. The lowest BCUT2D eigenvalue weighted by Gasteiger charge is -2.10. The van der Waals surface area contributed by atoms with E-state index in [0.29, 0.717) is 23.2 Å². The molecular formula is C12H16ClN3O3. The molecule has 1 aromatic carbocycles. The number of amides is 1. The van der Waals surface area contributed by atoms with Crippen molar-refractivity contribution in [3.63, 3.8) is 0 Å². The lowest BCUT2D eigenvalue weighted by atomic mass is 10.1. The van der Waals surface area contributed by atoms with Crippen LogP contribution in [-0.4, -0.2) is 16.9 Å². The Morgan fingerprint density at radius 3 is 2.95 bits per heavy atom. The van der Waals surface area contributed by atoms with Crippen LogP contribution >= 0.6 is 12.4 Å². The zero-order chi connectivity index (χ0) is 13.1. The Morgan fingerprint density at radius 1 is 1.53 bits per heavy atom.